The minimum Gasteiger partial charge on any atom is -0.353 e. The van der Waals surface area contributed by atoms with Crippen LogP contribution in [0.1, 0.15) is 40.9 Å². The molecule has 1 aliphatic carbocycles. The Morgan fingerprint density at radius 3 is 2.19 bits per heavy atom. The molecule has 216 valence electrons. The van der Waals surface area contributed by atoms with Crippen LogP contribution in [0.5, 0.6) is 0 Å². The van der Waals surface area contributed by atoms with Crippen LogP contribution >= 0.6 is 27.7 Å². The number of carbonyl (C=O) groups is 2. The minimum atomic E-state index is -0.712. The summed E-state index contributed by atoms with van der Waals surface area (Å²) in [5.41, 5.74) is 5.07. The second kappa shape index (κ2) is 12.1. The van der Waals surface area contributed by atoms with Crippen molar-refractivity contribution in [1.29, 1.82) is 0 Å². The highest BCUT2D eigenvalue weighted by Crippen LogP contribution is 2.51. The summed E-state index contributed by atoms with van der Waals surface area (Å²) in [6.07, 6.45) is 2.64. The van der Waals surface area contributed by atoms with E-state index in [1.54, 1.807) is 6.07 Å². The largest absolute Gasteiger partial charge is 0.353 e. The van der Waals surface area contributed by atoms with Crippen molar-refractivity contribution in [3.05, 3.63) is 102 Å². The first-order valence-electron chi connectivity index (χ1n) is 14.5. The van der Waals surface area contributed by atoms with E-state index in [4.69, 9.17) is 0 Å². The molecule has 6 rings (SSSR count). The third-order valence-electron chi connectivity index (χ3n) is 8.41. The monoisotopic (exact) mass is 614 g/mol. The van der Waals surface area contributed by atoms with Crippen LogP contribution in [-0.2, 0) is 10.2 Å². The van der Waals surface area contributed by atoms with Gasteiger partial charge < -0.3 is 10.6 Å². The lowest BCUT2D eigenvalue weighted by Gasteiger charge is -2.39. The summed E-state index contributed by atoms with van der Waals surface area (Å²) < 4.78 is -0.248. The van der Waals surface area contributed by atoms with Gasteiger partial charge in [0.2, 0.25) is 5.91 Å². The standard InChI is InChI=1S/C33H37N4O2P3/c38-30(29-16-15-22-9-1-6-14-28(22)36-29)35-23-19-37(20-23)18-8-7-17-32(31(39)34-21-33(40,41)42)26-12-4-2-10-24(26)25-11-3-5-13-27(25)32/h1-6,9-16,23H,7-8,17-21,40-42H2,(H,34,39)(H,35,38). The van der Waals surface area contributed by atoms with E-state index in [9.17, 15) is 9.59 Å². The molecule has 4 aromatic rings. The van der Waals surface area contributed by atoms with E-state index in [0.717, 1.165) is 72.1 Å². The Hall–Kier alpha value is -2.74. The number of para-hydroxylation sites is 1. The van der Waals surface area contributed by atoms with Crippen LogP contribution in [0.15, 0.2) is 84.9 Å². The maximum atomic E-state index is 14.1. The van der Waals surface area contributed by atoms with Gasteiger partial charge in [-0.15, -0.1) is 27.7 Å². The highest BCUT2D eigenvalue weighted by molar-refractivity contribution is 7.57. The third kappa shape index (κ3) is 5.88. The van der Waals surface area contributed by atoms with Crippen molar-refractivity contribution in [3.63, 3.8) is 0 Å². The Labute approximate surface area is 254 Å². The molecule has 0 spiro atoms. The summed E-state index contributed by atoms with van der Waals surface area (Å²) in [5.74, 6) is -0.0620. The lowest BCUT2D eigenvalue weighted by Crippen LogP contribution is -2.59. The molecule has 0 radical (unpaired) electrons. The average Bonchev–Trinajstić information content (AvgIpc) is 3.26. The van der Waals surface area contributed by atoms with Crippen molar-refractivity contribution in [1.82, 2.24) is 20.5 Å². The van der Waals surface area contributed by atoms with Crippen LogP contribution in [0.25, 0.3) is 22.0 Å². The van der Waals surface area contributed by atoms with Gasteiger partial charge in [0.15, 0.2) is 0 Å². The Morgan fingerprint density at radius 2 is 1.50 bits per heavy atom. The molecule has 6 nitrogen and oxygen atoms in total. The molecule has 1 fully saturated rings. The molecule has 2 heterocycles. The van der Waals surface area contributed by atoms with E-state index in [2.05, 4.69) is 84.6 Å². The van der Waals surface area contributed by atoms with E-state index < -0.39 is 5.41 Å². The lowest BCUT2D eigenvalue weighted by molar-refractivity contribution is -0.125. The number of hydrogen-bond acceptors (Lipinski definition) is 4. The second-order valence-electron chi connectivity index (χ2n) is 11.6. The smallest absolute Gasteiger partial charge is 0.270 e. The molecule has 2 amide bonds. The first kappa shape index (κ1) is 29.3. The summed E-state index contributed by atoms with van der Waals surface area (Å²) in [6, 6.07) is 28.4. The number of rotatable bonds is 10. The molecule has 2 aliphatic rings. The number of likely N-dealkylation sites (tertiary alicyclic amines) is 1. The van der Waals surface area contributed by atoms with Gasteiger partial charge >= 0.3 is 0 Å². The van der Waals surface area contributed by atoms with Crippen molar-refractivity contribution < 1.29 is 9.59 Å². The normalized spacial score (nSPS) is 16.0. The quantitative estimate of drug-likeness (QED) is 0.191. The molecule has 3 aromatic carbocycles. The number of amides is 2. The molecular formula is C33H37N4O2P3. The molecule has 2 N–H and O–H groups in total. The van der Waals surface area contributed by atoms with E-state index in [1.807, 2.05) is 42.5 Å². The number of nitrogens with zero attached hydrogens (tertiary/aromatic N) is 2. The predicted octanol–water partition coefficient (Wildman–Crippen LogP) is 5.18. The van der Waals surface area contributed by atoms with Crippen LogP contribution in [0.3, 0.4) is 0 Å². The van der Waals surface area contributed by atoms with Crippen molar-refractivity contribution in [2.45, 2.75) is 35.4 Å². The zero-order valence-electron chi connectivity index (χ0n) is 23.6. The molecule has 42 heavy (non-hydrogen) atoms. The van der Waals surface area contributed by atoms with Crippen molar-refractivity contribution in [2.75, 3.05) is 26.2 Å². The van der Waals surface area contributed by atoms with E-state index >= 15 is 0 Å². The number of unbranched alkanes of at least 4 members (excludes halogenated alkanes) is 1. The summed E-state index contributed by atoms with van der Waals surface area (Å²) in [6.45, 7) is 3.12. The van der Waals surface area contributed by atoms with Gasteiger partial charge in [-0.05, 0) is 53.8 Å². The molecule has 0 saturated carbocycles. The number of aromatic nitrogens is 1. The van der Waals surface area contributed by atoms with Gasteiger partial charge in [-0.2, -0.15) is 0 Å². The summed E-state index contributed by atoms with van der Waals surface area (Å²) in [5, 5.41) is 7.41. The highest BCUT2D eigenvalue weighted by Gasteiger charge is 2.48. The second-order valence-corrected chi connectivity index (χ2v) is 16.8. The van der Waals surface area contributed by atoms with Gasteiger partial charge in [0.05, 0.1) is 11.6 Å². The fourth-order valence-electron chi connectivity index (χ4n) is 6.36. The molecule has 9 heteroatoms. The summed E-state index contributed by atoms with van der Waals surface area (Å²) in [7, 11) is 8.27. The number of benzene rings is 3. The average molecular weight is 615 g/mol. The number of fused-ring (bicyclic) bond motifs is 4. The Kier molecular flexibility index (Phi) is 8.45. The Bertz CT molecular complexity index is 1590. The number of carbonyl (C=O) groups excluding carboxylic acids is 2. The zero-order valence-corrected chi connectivity index (χ0v) is 27.0. The van der Waals surface area contributed by atoms with Crippen molar-refractivity contribution in [3.8, 4) is 11.1 Å². The molecule has 1 aliphatic heterocycles. The predicted molar refractivity (Wildman–Crippen MR) is 181 cm³/mol. The number of pyridine rings is 1. The van der Waals surface area contributed by atoms with Crippen LogP contribution < -0.4 is 10.6 Å². The first-order valence-corrected chi connectivity index (χ1v) is 16.2. The molecule has 1 saturated heterocycles. The van der Waals surface area contributed by atoms with Gasteiger partial charge in [-0.3, -0.25) is 14.5 Å². The van der Waals surface area contributed by atoms with Crippen molar-refractivity contribution in [2.24, 2.45) is 0 Å². The summed E-state index contributed by atoms with van der Waals surface area (Å²) in [4.78, 5) is 33.8. The van der Waals surface area contributed by atoms with E-state index in [0.29, 0.717) is 12.2 Å². The maximum Gasteiger partial charge on any atom is 0.270 e. The Balaban J connectivity index is 1.07. The fraction of sp³-hybridized carbons (Fsp3) is 0.303. The fourth-order valence-corrected chi connectivity index (χ4v) is 6.66. The zero-order chi connectivity index (χ0) is 29.3. The first-order chi connectivity index (χ1) is 20.2. The number of hydrogen-bond donors (Lipinski definition) is 2. The van der Waals surface area contributed by atoms with Gasteiger partial charge in [0.1, 0.15) is 11.1 Å². The molecule has 1 aromatic heterocycles. The van der Waals surface area contributed by atoms with Crippen LogP contribution in [0.4, 0.5) is 0 Å². The van der Waals surface area contributed by atoms with Crippen molar-refractivity contribution >= 4 is 50.4 Å². The van der Waals surface area contributed by atoms with Gasteiger partial charge in [0.25, 0.3) is 5.91 Å². The topological polar surface area (TPSA) is 74.3 Å². The van der Waals surface area contributed by atoms with Gasteiger partial charge in [-0.25, -0.2) is 4.98 Å². The van der Waals surface area contributed by atoms with Crippen LogP contribution in [0.2, 0.25) is 0 Å². The maximum absolute atomic E-state index is 14.1. The van der Waals surface area contributed by atoms with Crippen LogP contribution in [0, 0.1) is 0 Å². The SMILES string of the molecule is O=C(NC1CN(CCCCC2(C(=O)NCC(P)(P)P)c3ccccc3-c3ccccc32)C1)c1ccc2ccccc2n1. The third-order valence-corrected chi connectivity index (χ3v) is 9.02. The van der Waals surface area contributed by atoms with E-state index in [1.165, 1.54) is 0 Å². The Morgan fingerprint density at radius 1 is 0.857 bits per heavy atom. The minimum absolute atomic E-state index is 0.0608. The lowest BCUT2D eigenvalue weighted by atomic mass is 9.73. The molecule has 0 bridgehead atoms. The molecule has 3 atom stereocenters. The van der Waals surface area contributed by atoms with Crippen LogP contribution in [-0.4, -0.2) is 58.6 Å². The van der Waals surface area contributed by atoms with Gasteiger partial charge in [0, 0.05) is 29.7 Å². The molecule has 3 unspecified atom stereocenters. The molecular weight excluding hydrogens is 577 g/mol. The number of nitrogens with one attached hydrogen (secondary N) is 2. The highest BCUT2D eigenvalue weighted by atomic mass is 31.1. The summed E-state index contributed by atoms with van der Waals surface area (Å²) >= 11 is 0. The van der Waals surface area contributed by atoms with Gasteiger partial charge in [-0.1, -0.05) is 79.2 Å². The van der Waals surface area contributed by atoms with E-state index in [-0.39, 0.29) is 22.5 Å².